The van der Waals surface area contributed by atoms with Crippen molar-refractivity contribution in [2.45, 2.75) is 19.8 Å². The molecule has 6 N–H and O–H groups in total. The highest BCUT2D eigenvalue weighted by atomic mass is 15.3. The zero-order valence-corrected chi connectivity index (χ0v) is 10.9. The van der Waals surface area contributed by atoms with Crippen LogP contribution in [0.2, 0.25) is 0 Å². The number of nitrogen functional groups attached to an aromatic ring is 2. The molecule has 0 unspecified atom stereocenters. The Morgan fingerprint density at radius 1 is 1.11 bits per heavy atom. The molecule has 0 aliphatic carbocycles. The van der Waals surface area contributed by atoms with Crippen molar-refractivity contribution in [3.05, 3.63) is 35.9 Å². The zero-order chi connectivity index (χ0) is 13.7. The zero-order valence-electron chi connectivity index (χ0n) is 10.9. The van der Waals surface area contributed by atoms with Crippen molar-refractivity contribution < 1.29 is 0 Å². The van der Waals surface area contributed by atoms with Gasteiger partial charge in [-0.25, -0.2) is 5.84 Å². The largest absolute Gasteiger partial charge is 0.368 e. The van der Waals surface area contributed by atoms with E-state index < -0.39 is 0 Å². The van der Waals surface area contributed by atoms with E-state index in [0.717, 1.165) is 18.5 Å². The molecule has 2 rings (SSSR count). The second kappa shape index (κ2) is 6.01. The lowest BCUT2D eigenvalue weighted by molar-refractivity contribution is 0.922. The van der Waals surface area contributed by atoms with Gasteiger partial charge < -0.3 is 16.5 Å². The summed E-state index contributed by atoms with van der Waals surface area (Å²) in [6, 6.07) is 9.91. The first-order valence-corrected chi connectivity index (χ1v) is 6.18. The van der Waals surface area contributed by atoms with Crippen LogP contribution in [0.15, 0.2) is 30.3 Å². The van der Waals surface area contributed by atoms with Crippen molar-refractivity contribution in [3.63, 3.8) is 0 Å². The average Bonchev–Trinajstić information content (AvgIpc) is 2.40. The Balaban J connectivity index is 2.14. The molecule has 1 aromatic heterocycles. The van der Waals surface area contributed by atoms with Gasteiger partial charge in [0.15, 0.2) is 0 Å². The summed E-state index contributed by atoms with van der Waals surface area (Å²) in [7, 11) is 0. The Kier molecular flexibility index (Phi) is 4.15. The minimum absolute atomic E-state index is 0.167. The third-order valence-electron chi connectivity index (χ3n) is 2.66. The number of hydrogen-bond acceptors (Lipinski definition) is 6. The van der Waals surface area contributed by atoms with Crippen LogP contribution in [-0.4, -0.2) is 9.97 Å². The predicted octanol–water partition coefficient (Wildman–Crippen LogP) is 2.04. The lowest BCUT2D eigenvalue weighted by atomic mass is 10.1. The molecule has 100 valence electrons. The molecular weight excluding hydrogens is 240 g/mol. The first-order chi connectivity index (χ1) is 9.21. The minimum atomic E-state index is 0.167. The van der Waals surface area contributed by atoms with Crippen LogP contribution in [0, 0.1) is 0 Å². The van der Waals surface area contributed by atoms with Gasteiger partial charge >= 0.3 is 0 Å². The van der Waals surface area contributed by atoms with Crippen LogP contribution in [0.4, 0.5) is 23.3 Å². The molecule has 0 atom stereocenters. The number of anilines is 4. The van der Waals surface area contributed by atoms with Crippen LogP contribution >= 0.6 is 0 Å². The van der Waals surface area contributed by atoms with E-state index in [-0.39, 0.29) is 5.95 Å². The number of hydrazine groups is 1. The summed E-state index contributed by atoms with van der Waals surface area (Å²) < 4.78 is 0. The van der Waals surface area contributed by atoms with E-state index in [1.807, 2.05) is 12.1 Å². The molecule has 0 saturated carbocycles. The number of aryl methyl sites for hydroxylation is 1. The highest BCUT2D eigenvalue weighted by molar-refractivity contribution is 5.60. The number of hydrogen-bond donors (Lipinski definition) is 4. The number of nitrogens with one attached hydrogen (secondary N) is 2. The summed E-state index contributed by atoms with van der Waals surface area (Å²) in [6.07, 6.45) is 2.22. The van der Waals surface area contributed by atoms with Crippen LogP contribution in [-0.2, 0) is 6.42 Å². The van der Waals surface area contributed by atoms with Gasteiger partial charge in [0.25, 0.3) is 0 Å². The molecule has 0 amide bonds. The van der Waals surface area contributed by atoms with E-state index in [4.69, 9.17) is 11.6 Å². The lowest BCUT2D eigenvalue weighted by Crippen LogP contribution is -2.11. The first-order valence-electron chi connectivity index (χ1n) is 6.18. The fourth-order valence-electron chi connectivity index (χ4n) is 1.80. The number of nitrogens with zero attached hydrogens (tertiary/aromatic N) is 2. The van der Waals surface area contributed by atoms with Crippen LogP contribution in [0.25, 0.3) is 0 Å². The summed E-state index contributed by atoms with van der Waals surface area (Å²) in [5.41, 5.74) is 10.3. The summed E-state index contributed by atoms with van der Waals surface area (Å²) >= 11 is 0. The van der Waals surface area contributed by atoms with Crippen molar-refractivity contribution in [1.29, 1.82) is 0 Å². The Labute approximate surface area is 112 Å². The molecule has 6 heteroatoms. The van der Waals surface area contributed by atoms with E-state index in [1.165, 1.54) is 5.56 Å². The van der Waals surface area contributed by atoms with Crippen LogP contribution in [0.3, 0.4) is 0 Å². The van der Waals surface area contributed by atoms with Crippen molar-refractivity contribution in [2.24, 2.45) is 5.84 Å². The Bertz CT molecular complexity index is 537. The third kappa shape index (κ3) is 3.56. The van der Waals surface area contributed by atoms with Crippen molar-refractivity contribution >= 4 is 23.3 Å². The standard InChI is InChI=1S/C13H18N6/c1-2-3-9-4-6-10(7-5-9)16-11-8-12(19-15)18-13(14)17-11/h4-8H,2-3,15H2,1H3,(H4,14,16,17,18,19). The quantitative estimate of drug-likeness (QED) is 0.483. The summed E-state index contributed by atoms with van der Waals surface area (Å²) in [5.74, 6) is 6.55. The molecule has 2 aromatic rings. The van der Waals surface area contributed by atoms with E-state index in [2.05, 4.69) is 39.8 Å². The summed E-state index contributed by atoms with van der Waals surface area (Å²) in [5, 5.41) is 3.16. The predicted molar refractivity (Wildman–Crippen MR) is 78.0 cm³/mol. The first kappa shape index (κ1) is 13.1. The van der Waals surface area contributed by atoms with Gasteiger partial charge in [-0.1, -0.05) is 25.5 Å². The van der Waals surface area contributed by atoms with Crippen molar-refractivity contribution in [2.75, 3.05) is 16.5 Å². The maximum absolute atomic E-state index is 5.59. The van der Waals surface area contributed by atoms with Crippen molar-refractivity contribution in [1.82, 2.24) is 9.97 Å². The second-order valence-electron chi connectivity index (χ2n) is 4.21. The SMILES string of the molecule is CCCc1ccc(Nc2cc(NN)nc(N)n2)cc1. The molecule has 0 fully saturated rings. The fourth-order valence-corrected chi connectivity index (χ4v) is 1.80. The van der Waals surface area contributed by atoms with Gasteiger partial charge in [0.05, 0.1) is 0 Å². The number of rotatable bonds is 5. The Morgan fingerprint density at radius 2 is 1.79 bits per heavy atom. The molecule has 0 saturated heterocycles. The topological polar surface area (TPSA) is 102 Å². The Hall–Kier alpha value is -2.34. The highest BCUT2D eigenvalue weighted by Gasteiger charge is 2.02. The van der Waals surface area contributed by atoms with Gasteiger partial charge in [-0.3, -0.25) is 0 Å². The van der Waals surface area contributed by atoms with Crippen LogP contribution in [0.5, 0.6) is 0 Å². The van der Waals surface area contributed by atoms with Crippen LogP contribution < -0.4 is 22.3 Å². The third-order valence-corrected chi connectivity index (χ3v) is 2.66. The highest BCUT2D eigenvalue weighted by Crippen LogP contribution is 2.18. The van der Waals surface area contributed by atoms with Crippen molar-refractivity contribution in [3.8, 4) is 0 Å². The number of nitrogens with two attached hydrogens (primary N) is 2. The maximum Gasteiger partial charge on any atom is 0.223 e. The van der Waals surface area contributed by atoms with Crippen LogP contribution in [0.1, 0.15) is 18.9 Å². The molecule has 1 heterocycles. The number of aromatic nitrogens is 2. The van der Waals surface area contributed by atoms with Gasteiger partial charge in [0, 0.05) is 11.8 Å². The number of benzene rings is 1. The molecule has 0 aliphatic heterocycles. The Morgan fingerprint density at radius 3 is 2.42 bits per heavy atom. The van der Waals surface area contributed by atoms with Gasteiger partial charge in [-0.15, -0.1) is 0 Å². The minimum Gasteiger partial charge on any atom is -0.368 e. The molecule has 6 nitrogen and oxygen atoms in total. The average molecular weight is 258 g/mol. The summed E-state index contributed by atoms with van der Waals surface area (Å²) in [6.45, 7) is 2.16. The molecule has 0 radical (unpaired) electrons. The molecule has 0 bridgehead atoms. The molecule has 19 heavy (non-hydrogen) atoms. The molecular formula is C13H18N6. The van der Waals surface area contributed by atoms with E-state index in [0.29, 0.717) is 11.6 Å². The smallest absolute Gasteiger partial charge is 0.223 e. The fraction of sp³-hybridized carbons (Fsp3) is 0.231. The van der Waals surface area contributed by atoms with E-state index in [1.54, 1.807) is 6.07 Å². The molecule has 0 spiro atoms. The van der Waals surface area contributed by atoms with E-state index in [9.17, 15) is 0 Å². The molecule has 0 aliphatic rings. The van der Waals surface area contributed by atoms with Gasteiger partial charge in [0.1, 0.15) is 11.6 Å². The van der Waals surface area contributed by atoms with E-state index >= 15 is 0 Å². The monoisotopic (exact) mass is 258 g/mol. The van der Waals surface area contributed by atoms with Gasteiger partial charge in [0.2, 0.25) is 5.95 Å². The normalized spacial score (nSPS) is 10.2. The lowest BCUT2D eigenvalue weighted by Gasteiger charge is -2.08. The summed E-state index contributed by atoms with van der Waals surface area (Å²) in [4.78, 5) is 8.02. The second-order valence-corrected chi connectivity index (χ2v) is 4.21. The maximum atomic E-state index is 5.59. The van der Waals surface area contributed by atoms with Gasteiger partial charge in [-0.2, -0.15) is 9.97 Å². The van der Waals surface area contributed by atoms with Gasteiger partial charge in [-0.05, 0) is 24.1 Å². The molecule has 1 aromatic carbocycles.